The Morgan fingerprint density at radius 3 is 2.32 bits per heavy atom. The third kappa shape index (κ3) is 5.34. The molecular formula is C22H18ClNO4. The Hall–Kier alpha value is -3.31. The molecule has 3 aromatic rings. The van der Waals surface area contributed by atoms with Crippen molar-refractivity contribution in [1.29, 1.82) is 0 Å². The Bertz CT molecular complexity index is 972. The molecule has 5 nitrogen and oxygen atoms in total. The SMILES string of the molecule is Cc1ccc(Cl)cc1NC(=O)COC(=O)c1ccc(Oc2ccccc2)cc1. The van der Waals surface area contributed by atoms with Crippen LogP contribution in [0, 0.1) is 6.92 Å². The molecule has 0 aliphatic heterocycles. The second-order valence-electron chi connectivity index (χ2n) is 6.02. The van der Waals surface area contributed by atoms with Crippen LogP contribution in [0.4, 0.5) is 5.69 Å². The van der Waals surface area contributed by atoms with Crippen LogP contribution in [0.5, 0.6) is 11.5 Å². The maximum absolute atomic E-state index is 12.1. The monoisotopic (exact) mass is 395 g/mol. The fourth-order valence-electron chi connectivity index (χ4n) is 2.41. The van der Waals surface area contributed by atoms with E-state index >= 15 is 0 Å². The summed E-state index contributed by atoms with van der Waals surface area (Å²) >= 11 is 5.92. The lowest BCUT2D eigenvalue weighted by Gasteiger charge is -2.10. The molecule has 0 aliphatic carbocycles. The molecule has 0 saturated heterocycles. The lowest BCUT2D eigenvalue weighted by atomic mass is 10.2. The Morgan fingerprint density at radius 2 is 1.61 bits per heavy atom. The molecule has 1 N–H and O–H groups in total. The minimum absolute atomic E-state index is 0.326. The quantitative estimate of drug-likeness (QED) is 0.580. The molecule has 28 heavy (non-hydrogen) atoms. The zero-order valence-corrected chi connectivity index (χ0v) is 15.9. The predicted octanol–water partition coefficient (Wildman–Crippen LogP) is 5.24. The minimum Gasteiger partial charge on any atom is -0.457 e. The van der Waals surface area contributed by atoms with Gasteiger partial charge in [-0.15, -0.1) is 0 Å². The van der Waals surface area contributed by atoms with E-state index in [1.54, 1.807) is 42.5 Å². The van der Waals surface area contributed by atoms with Crippen LogP contribution < -0.4 is 10.1 Å². The van der Waals surface area contributed by atoms with Crippen LogP contribution in [0.3, 0.4) is 0 Å². The van der Waals surface area contributed by atoms with Crippen molar-refractivity contribution in [2.24, 2.45) is 0 Å². The number of benzene rings is 3. The number of rotatable bonds is 6. The summed E-state index contributed by atoms with van der Waals surface area (Å²) in [6.45, 7) is 1.45. The number of aryl methyl sites for hydroxylation is 1. The van der Waals surface area contributed by atoms with Gasteiger partial charge < -0.3 is 14.8 Å². The van der Waals surface area contributed by atoms with Gasteiger partial charge in [-0.2, -0.15) is 0 Å². The summed E-state index contributed by atoms with van der Waals surface area (Å²) in [4.78, 5) is 24.1. The molecule has 0 spiro atoms. The van der Waals surface area contributed by atoms with E-state index in [0.717, 1.165) is 5.56 Å². The van der Waals surface area contributed by atoms with Crippen LogP contribution in [0.2, 0.25) is 5.02 Å². The summed E-state index contributed by atoms with van der Waals surface area (Å²) in [6, 6.07) is 21.0. The van der Waals surface area contributed by atoms with Gasteiger partial charge in [0.25, 0.3) is 5.91 Å². The topological polar surface area (TPSA) is 64.6 Å². The van der Waals surface area contributed by atoms with Crippen molar-refractivity contribution in [1.82, 2.24) is 0 Å². The van der Waals surface area contributed by atoms with Crippen LogP contribution >= 0.6 is 11.6 Å². The third-order valence-corrected chi connectivity index (χ3v) is 4.11. The van der Waals surface area contributed by atoms with Gasteiger partial charge in [0, 0.05) is 10.7 Å². The lowest BCUT2D eigenvalue weighted by molar-refractivity contribution is -0.119. The highest BCUT2D eigenvalue weighted by Gasteiger charge is 2.12. The fourth-order valence-corrected chi connectivity index (χ4v) is 2.59. The number of carbonyl (C=O) groups is 2. The van der Waals surface area contributed by atoms with E-state index in [4.69, 9.17) is 21.1 Å². The Balaban J connectivity index is 1.53. The Labute approximate surface area is 167 Å². The average molecular weight is 396 g/mol. The second kappa shape index (κ2) is 9.06. The van der Waals surface area contributed by atoms with Crippen molar-refractivity contribution < 1.29 is 19.1 Å². The molecule has 0 bridgehead atoms. The van der Waals surface area contributed by atoms with Crippen LogP contribution in [-0.4, -0.2) is 18.5 Å². The molecule has 0 aliphatic rings. The van der Waals surface area contributed by atoms with Gasteiger partial charge in [-0.05, 0) is 61.0 Å². The molecule has 0 radical (unpaired) electrons. The number of esters is 1. The van der Waals surface area contributed by atoms with E-state index in [9.17, 15) is 9.59 Å². The summed E-state index contributed by atoms with van der Waals surface area (Å²) < 4.78 is 10.7. The smallest absolute Gasteiger partial charge is 0.338 e. The summed E-state index contributed by atoms with van der Waals surface area (Å²) in [5.74, 6) is 0.259. The van der Waals surface area contributed by atoms with Gasteiger partial charge in [-0.3, -0.25) is 4.79 Å². The number of carbonyl (C=O) groups excluding carboxylic acids is 2. The molecule has 142 valence electrons. The zero-order valence-electron chi connectivity index (χ0n) is 15.1. The van der Waals surface area contributed by atoms with E-state index in [2.05, 4.69) is 5.32 Å². The highest BCUT2D eigenvalue weighted by atomic mass is 35.5. The number of hydrogen-bond acceptors (Lipinski definition) is 4. The van der Waals surface area contributed by atoms with E-state index in [1.807, 2.05) is 37.3 Å². The first-order valence-corrected chi connectivity index (χ1v) is 8.95. The molecule has 0 aromatic heterocycles. The van der Waals surface area contributed by atoms with Gasteiger partial charge in [-0.1, -0.05) is 35.9 Å². The Morgan fingerprint density at radius 1 is 0.929 bits per heavy atom. The fraction of sp³-hybridized carbons (Fsp3) is 0.0909. The number of para-hydroxylation sites is 1. The largest absolute Gasteiger partial charge is 0.457 e. The van der Waals surface area contributed by atoms with E-state index in [0.29, 0.717) is 27.8 Å². The zero-order chi connectivity index (χ0) is 19.9. The molecule has 3 rings (SSSR count). The Kier molecular flexibility index (Phi) is 6.29. The van der Waals surface area contributed by atoms with Gasteiger partial charge in [0.1, 0.15) is 11.5 Å². The van der Waals surface area contributed by atoms with Crippen molar-refractivity contribution in [3.8, 4) is 11.5 Å². The first kappa shape index (κ1) is 19.5. The van der Waals surface area contributed by atoms with Gasteiger partial charge in [-0.25, -0.2) is 4.79 Å². The lowest BCUT2D eigenvalue weighted by Crippen LogP contribution is -2.21. The number of ether oxygens (including phenoxy) is 2. The van der Waals surface area contributed by atoms with Gasteiger partial charge >= 0.3 is 5.97 Å². The maximum atomic E-state index is 12.1. The van der Waals surface area contributed by atoms with E-state index < -0.39 is 18.5 Å². The normalized spacial score (nSPS) is 10.2. The summed E-state index contributed by atoms with van der Waals surface area (Å²) in [7, 11) is 0. The molecule has 3 aromatic carbocycles. The van der Waals surface area contributed by atoms with Crippen LogP contribution in [0.1, 0.15) is 15.9 Å². The molecule has 0 fully saturated rings. The van der Waals surface area contributed by atoms with E-state index in [1.165, 1.54) is 0 Å². The standard InChI is InChI=1S/C22H18ClNO4/c1-15-7-10-17(23)13-20(15)24-21(25)14-27-22(26)16-8-11-19(12-9-16)28-18-5-3-2-4-6-18/h2-13H,14H2,1H3,(H,24,25). The molecular weight excluding hydrogens is 378 g/mol. The minimum atomic E-state index is -0.593. The summed E-state index contributed by atoms with van der Waals surface area (Å²) in [5.41, 5.74) is 1.76. The van der Waals surface area contributed by atoms with Crippen LogP contribution in [-0.2, 0) is 9.53 Å². The first-order valence-electron chi connectivity index (χ1n) is 8.57. The highest BCUT2D eigenvalue weighted by molar-refractivity contribution is 6.31. The van der Waals surface area contributed by atoms with Crippen molar-refractivity contribution in [2.45, 2.75) is 6.92 Å². The molecule has 1 amide bonds. The van der Waals surface area contributed by atoms with Gasteiger partial charge in [0.15, 0.2) is 6.61 Å². The summed E-state index contributed by atoms with van der Waals surface area (Å²) in [5, 5.41) is 3.18. The number of amides is 1. The van der Waals surface area contributed by atoms with Crippen molar-refractivity contribution in [2.75, 3.05) is 11.9 Å². The van der Waals surface area contributed by atoms with Crippen molar-refractivity contribution in [3.63, 3.8) is 0 Å². The second-order valence-corrected chi connectivity index (χ2v) is 6.46. The van der Waals surface area contributed by atoms with Crippen LogP contribution in [0.25, 0.3) is 0 Å². The highest BCUT2D eigenvalue weighted by Crippen LogP contribution is 2.22. The maximum Gasteiger partial charge on any atom is 0.338 e. The van der Waals surface area contributed by atoms with Gasteiger partial charge in [0.2, 0.25) is 0 Å². The third-order valence-electron chi connectivity index (χ3n) is 3.88. The van der Waals surface area contributed by atoms with E-state index in [-0.39, 0.29) is 0 Å². The molecule has 0 heterocycles. The van der Waals surface area contributed by atoms with Gasteiger partial charge in [0.05, 0.1) is 5.56 Å². The molecule has 6 heteroatoms. The number of halogens is 1. The summed E-state index contributed by atoms with van der Waals surface area (Å²) in [6.07, 6.45) is 0. The van der Waals surface area contributed by atoms with Crippen molar-refractivity contribution in [3.05, 3.63) is 88.9 Å². The molecule has 0 atom stereocenters. The molecule has 0 saturated carbocycles. The first-order chi connectivity index (χ1) is 13.5. The molecule has 0 unspecified atom stereocenters. The van der Waals surface area contributed by atoms with Crippen molar-refractivity contribution >= 4 is 29.2 Å². The number of nitrogens with one attached hydrogen (secondary N) is 1. The number of hydrogen-bond donors (Lipinski definition) is 1. The number of anilines is 1. The predicted molar refractivity (Wildman–Crippen MR) is 108 cm³/mol. The van der Waals surface area contributed by atoms with Crippen LogP contribution in [0.15, 0.2) is 72.8 Å². The average Bonchev–Trinajstić information content (AvgIpc) is 2.70.